The number of anilines is 2. The van der Waals surface area contributed by atoms with E-state index in [9.17, 15) is 8.42 Å². The third-order valence-corrected chi connectivity index (χ3v) is 3.90. The smallest absolute Gasteiger partial charge is 0.229 e. The summed E-state index contributed by atoms with van der Waals surface area (Å²) in [5, 5.41) is 0. The zero-order chi connectivity index (χ0) is 16.9. The number of benzene rings is 1. The van der Waals surface area contributed by atoms with Crippen molar-refractivity contribution in [1.29, 1.82) is 0 Å². The van der Waals surface area contributed by atoms with Gasteiger partial charge in [0.05, 0.1) is 44.1 Å². The van der Waals surface area contributed by atoms with Crippen LogP contribution in [-0.4, -0.2) is 54.2 Å². The molecule has 1 aliphatic rings. The molecule has 0 radical (unpaired) electrons. The lowest BCUT2D eigenvalue weighted by Gasteiger charge is -2.31. The lowest BCUT2D eigenvalue weighted by molar-refractivity contribution is 0.122. The molecular weight excluding hydrogens is 320 g/mol. The molecule has 1 heterocycles. The van der Waals surface area contributed by atoms with Crippen molar-refractivity contribution in [3.63, 3.8) is 0 Å². The van der Waals surface area contributed by atoms with Crippen molar-refractivity contribution in [2.75, 3.05) is 55.4 Å². The zero-order valence-electron chi connectivity index (χ0n) is 13.8. The van der Waals surface area contributed by atoms with E-state index in [1.807, 2.05) is 19.9 Å². The van der Waals surface area contributed by atoms with Gasteiger partial charge in [0, 0.05) is 25.2 Å². The largest absolute Gasteiger partial charge is 0.492 e. The molecule has 0 saturated carbocycles. The first-order valence-corrected chi connectivity index (χ1v) is 9.58. The molecule has 23 heavy (non-hydrogen) atoms. The first-order chi connectivity index (χ1) is 10.9. The molecule has 0 bridgehead atoms. The minimum absolute atomic E-state index is 0.384. The van der Waals surface area contributed by atoms with E-state index in [1.54, 1.807) is 6.07 Å². The van der Waals surface area contributed by atoms with Gasteiger partial charge in [-0.1, -0.05) is 0 Å². The second-order valence-electron chi connectivity index (χ2n) is 5.16. The number of rotatable bonds is 7. The minimum Gasteiger partial charge on any atom is -0.492 e. The van der Waals surface area contributed by atoms with Crippen molar-refractivity contribution in [3.8, 4) is 11.5 Å². The average Bonchev–Trinajstić information content (AvgIpc) is 2.49. The number of nitrogens with one attached hydrogen (secondary N) is 1. The number of sulfonamides is 1. The molecule has 1 aromatic rings. The summed E-state index contributed by atoms with van der Waals surface area (Å²) in [5.41, 5.74) is 1.27. The Morgan fingerprint density at radius 1 is 1.13 bits per heavy atom. The molecule has 8 heteroatoms. The Morgan fingerprint density at radius 3 is 2.30 bits per heavy atom. The topological polar surface area (TPSA) is 77.1 Å². The van der Waals surface area contributed by atoms with Crippen LogP contribution in [-0.2, 0) is 14.8 Å². The van der Waals surface area contributed by atoms with E-state index in [-0.39, 0.29) is 0 Å². The molecule has 1 fully saturated rings. The Kier molecular flexibility index (Phi) is 5.95. The van der Waals surface area contributed by atoms with Crippen LogP contribution in [0.25, 0.3) is 0 Å². The average molecular weight is 344 g/mol. The van der Waals surface area contributed by atoms with Crippen molar-refractivity contribution in [2.24, 2.45) is 0 Å². The van der Waals surface area contributed by atoms with E-state index in [1.165, 1.54) is 0 Å². The van der Waals surface area contributed by atoms with Gasteiger partial charge in [-0.3, -0.25) is 4.72 Å². The molecule has 0 amide bonds. The molecule has 1 saturated heterocycles. The normalized spacial score (nSPS) is 15.3. The third kappa shape index (κ3) is 4.90. The highest BCUT2D eigenvalue weighted by Crippen LogP contribution is 2.39. The van der Waals surface area contributed by atoms with E-state index in [4.69, 9.17) is 14.2 Å². The second-order valence-corrected chi connectivity index (χ2v) is 6.90. The second kappa shape index (κ2) is 7.74. The molecule has 1 N–H and O–H groups in total. The molecule has 0 spiro atoms. The monoisotopic (exact) mass is 344 g/mol. The van der Waals surface area contributed by atoms with Crippen molar-refractivity contribution in [2.45, 2.75) is 13.8 Å². The van der Waals surface area contributed by atoms with Gasteiger partial charge in [0.15, 0.2) is 0 Å². The Bertz CT molecular complexity index is 627. The predicted molar refractivity (Wildman–Crippen MR) is 90.3 cm³/mol. The molecule has 1 aromatic carbocycles. The van der Waals surface area contributed by atoms with Gasteiger partial charge in [0.1, 0.15) is 11.5 Å². The van der Waals surface area contributed by atoms with Gasteiger partial charge in [-0.2, -0.15) is 0 Å². The zero-order valence-corrected chi connectivity index (χ0v) is 14.6. The predicted octanol–water partition coefficient (Wildman–Crippen LogP) is 1.69. The van der Waals surface area contributed by atoms with Crippen LogP contribution >= 0.6 is 0 Å². The highest BCUT2D eigenvalue weighted by Gasteiger charge is 2.20. The Morgan fingerprint density at radius 2 is 1.74 bits per heavy atom. The molecular formula is C15H24N2O5S. The van der Waals surface area contributed by atoms with E-state index < -0.39 is 10.0 Å². The maximum Gasteiger partial charge on any atom is 0.229 e. The summed E-state index contributed by atoms with van der Waals surface area (Å²) < 4.78 is 42.3. The SMILES string of the molecule is CCOc1cc(N2CCOCC2)c(OCC)cc1NS(C)(=O)=O. The summed E-state index contributed by atoms with van der Waals surface area (Å²) in [6.45, 7) is 7.49. The summed E-state index contributed by atoms with van der Waals surface area (Å²) in [5.74, 6) is 1.12. The quantitative estimate of drug-likeness (QED) is 0.811. The van der Waals surface area contributed by atoms with E-state index >= 15 is 0 Å². The van der Waals surface area contributed by atoms with Crippen LogP contribution in [0.1, 0.15) is 13.8 Å². The van der Waals surface area contributed by atoms with Crippen molar-refractivity contribution in [3.05, 3.63) is 12.1 Å². The fraction of sp³-hybridized carbons (Fsp3) is 0.600. The number of hydrogen-bond acceptors (Lipinski definition) is 6. The molecule has 1 aliphatic heterocycles. The van der Waals surface area contributed by atoms with Crippen LogP contribution in [0.2, 0.25) is 0 Å². The molecule has 2 rings (SSSR count). The molecule has 130 valence electrons. The summed E-state index contributed by atoms with van der Waals surface area (Å²) in [4.78, 5) is 2.15. The molecule has 0 aliphatic carbocycles. The van der Waals surface area contributed by atoms with Crippen LogP contribution in [0.3, 0.4) is 0 Å². The maximum absolute atomic E-state index is 11.6. The van der Waals surface area contributed by atoms with Crippen molar-refractivity contribution in [1.82, 2.24) is 0 Å². The van der Waals surface area contributed by atoms with Gasteiger partial charge in [0.2, 0.25) is 10.0 Å². The van der Waals surface area contributed by atoms with Gasteiger partial charge in [-0.05, 0) is 13.8 Å². The molecule has 0 atom stereocenters. The molecule has 7 nitrogen and oxygen atoms in total. The number of ether oxygens (including phenoxy) is 3. The van der Waals surface area contributed by atoms with E-state index in [2.05, 4.69) is 9.62 Å². The van der Waals surface area contributed by atoms with Crippen LogP contribution < -0.4 is 19.1 Å². The highest BCUT2D eigenvalue weighted by atomic mass is 32.2. The van der Waals surface area contributed by atoms with Gasteiger partial charge >= 0.3 is 0 Å². The van der Waals surface area contributed by atoms with Gasteiger partial charge in [-0.15, -0.1) is 0 Å². The fourth-order valence-corrected chi connectivity index (χ4v) is 2.99. The summed E-state index contributed by atoms with van der Waals surface area (Å²) in [6.07, 6.45) is 1.11. The first-order valence-electron chi connectivity index (χ1n) is 7.68. The molecule has 0 aromatic heterocycles. The summed E-state index contributed by atoms with van der Waals surface area (Å²) in [6, 6.07) is 3.51. The van der Waals surface area contributed by atoms with Crippen molar-refractivity contribution >= 4 is 21.4 Å². The number of nitrogens with zero attached hydrogens (tertiary/aromatic N) is 1. The molecule has 0 unspecified atom stereocenters. The Hall–Kier alpha value is -1.67. The minimum atomic E-state index is -3.41. The Balaban J connectivity index is 2.45. The first kappa shape index (κ1) is 17.7. The van der Waals surface area contributed by atoms with Crippen LogP contribution in [0, 0.1) is 0 Å². The Labute approximate surface area is 137 Å². The standard InChI is InChI=1S/C15H24N2O5S/c1-4-21-14-11-13(17-6-8-20-9-7-17)15(22-5-2)10-12(14)16-23(3,18)19/h10-11,16H,4-9H2,1-3H3. The number of hydrogen-bond donors (Lipinski definition) is 1. The lowest BCUT2D eigenvalue weighted by Crippen LogP contribution is -2.36. The fourth-order valence-electron chi connectivity index (χ4n) is 2.43. The number of morpholine rings is 1. The van der Waals surface area contributed by atoms with Gasteiger partial charge in [-0.25, -0.2) is 8.42 Å². The van der Waals surface area contributed by atoms with Gasteiger partial charge in [0.25, 0.3) is 0 Å². The summed E-state index contributed by atoms with van der Waals surface area (Å²) >= 11 is 0. The van der Waals surface area contributed by atoms with Crippen LogP contribution in [0.5, 0.6) is 11.5 Å². The lowest BCUT2D eigenvalue weighted by atomic mass is 10.2. The van der Waals surface area contributed by atoms with Crippen molar-refractivity contribution < 1.29 is 22.6 Å². The summed E-state index contributed by atoms with van der Waals surface area (Å²) in [7, 11) is -3.41. The highest BCUT2D eigenvalue weighted by molar-refractivity contribution is 7.92. The third-order valence-electron chi connectivity index (χ3n) is 3.31. The van der Waals surface area contributed by atoms with Crippen LogP contribution in [0.15, 0.2) is 12.1 Å². The maximum atomic E-state index is 11.6. The van der Waals surface area contributed by atoms with E-state index in [0.29, 0.717) is 43.6 Å². The van der Waals surface area contributed by atoms with E-state index in [0.717, 1.165) is 25.0 Å². The van der Waals surface area contributed by atoms with Gasteiger partial charge < -0.3 is 19.1 Å². The van der Waals surface area contributed by atoms with Crippen LogP contribution in [0.4, 0.5) is 11.4 Å².